The second-order valence-electron chi connectivity index (χ2n) is 8.96. The highest BCUT2D eigenvalue weighted by Crippen LogP contribution is 2.29. The molecule has 1 N–H and O–H groups in total. The van der Waals surface area contributed by atoms with Crippen molar-refractivity contribution >= 4 is 40.2 Å². The number of para-hydroxylation sites is 1. The van der Waals surface area contributed by atoms with E-state index in [4.69, 9.17) is 25.9 Å². The predicted octanol–water partition coefficient (Wildman–Crippen LogP) is 2.94. The molecule has 0 saturated carbocycles. The number of hydrogen-bond donors (Lipinski definition) is 1. The molecule has 2 amide bonds. The summed E-state index contributed by atoms with van der Waals surface area (Å²) in [5.74, 6) is -0.170. The summed E-state index contributed by atoms with van der Waals surface area (Å²) in [6.07, 6.45) is -0.675. The van der Waals surface area contributed by atoms with Gasteiger partial charge in [-0.1, -0.05) is 23.7 Å². The van der Waals surface area contributed by atoms with Crippen LogP contribution in [0.4, 0.5) is 10.5 Å². The summed E-state index contributed by atoms with van der Waals surface area (Å²) in [5, 5.41) is 4.03. The lowest BCUT2D eigenvalue weighted by Crippen LogP contribution is -2.45. The minimum absolute atomic E-state index is 0.0368. The van der Waals surface area contributed by atoms with Gasteiger partial charge in [0.1, 0.15) is 17.9 Å². The Morgan fingerprint density at radius 2 is 1.76 bits per heavy atom. The molecule has 0 fully saturated rings. The molecule has 0 atom stereocenters. The molecule has 0 aliphatic rings. The van der Waals surface area contributed by atoms with Crippen molar-refractivity contribution in [2.75, 3.05) is 25.8 Å². The molecular weight excluding hydrogens is 504 g/mol. The number of nitrogens with zero attached hydrogens (tertiary/aromatic N) is 3. The van der Waals surface area contributed by atoms with E-state index < -0.39 is 35.4 Å². The molecule has 11 nitrogen and oxygen atoms in total. The lowest BCUT2D eigenvalue weighted by atomic mass is 10.2. The fraction of sp³-hybridized carbons (Fsp3) is 0.360. The number of methoxy groups -OCH3 is 1. The lowest BCUT2D eigenvalue weighted by Gasteiger charge is -2.22. The smallest absolute Gasteiger partial charge is 0.407 e. The average molecular weight is 533 g/mol. The van der Waals surface area contributed by atoms with Crippen molar-refractivity contribution in [3.05, 3.63) is 68.3 Å². The van der Waals surface area contributed by atoms with Crippen molar-refractivity contribution in [2.45, 2.75) is 39.5 Å². The highest BCUT2D eigenvalue weighted by Gasteiger charge is 2.22. The van der Waals surface area contributed by atoms with Crippen molar-refractivity contribution in [3.8, 4) is 5.75 Å². The molecule has 0 unspecified atom stereocenters. The summed E-state index contributed by atoms with van der Waals surface area (Å²) < 4.78 is 12.5. The molecule has 1 aromatic heterocycles. The van der Waals surface area contributed by atoms with Crippen LogP contribution in [0.15, 0.2) is 52.1 Å². The van der Waals surface area contributed by atoms with Crippen LogP contribution in [0, 0.1) is 0 Å². The maximum atomic E-state index is 13.4. The molecule has 198 valence electrons. The summed E-state index contributed by atoms with van der Waals surface area (Å²) in [6.45, 7) is 4.57. The molecule has 1 heterocycles. The highest BCUT2D eigenvalue weighted by molar-refractivity contribution is 6.32. The number of carbonyl (C=O) groups is 2. The summed E-state index contributed by atoms with van der Waals surface area (Å²) >= 11 is 6.19. The average Bonchev–Trinajstić information content (AvgIpc) is 2.83. The standard InChI is InChI=1S/C25H29ClN4O7/c1-25(2,3)37-23(33)27-12-13-28-22(32)17-8-6-7-9-19(17)29(24(28)34)15-21(31)30(36-5)16-10-11-20(35-4)18(26)14-16/h6-11,14H,12-13,15H2,1-5H3,(H,27,33). The number of fused-ring (bicyclic) bond motifs is 1. The van der Waals surface area contributed by atoms with Gasteiger partial charge in [0.25, 0.3) is 11.5 Å². The highest BCUT2D eigenvalue weighted by atomic mass is 35.5. The van der Waals surface area contributed by atoms with Crippen LogP contribution in [-0.4, -0.2) is 47.5 Å². The first-order valence-corrected chi connectivity index (χ1v) is 11.7. The number of amides is 2. The first kappa shape index (κ1) is 27.8. The van der Waals surface area contributed by atoms with E-state index in [9.17, 15) is 19.2 Å². The molecule has 2 aromatic carbocycles. The van der Waals surface area contributed by atoms with Crippen LogP contribution >= 0.6 is 11.6 Å². The van der Waals surface area contributed by atoms with Gasteiger partial charge in [0.15, 0.2) is 0 Å². The fourth-order valence-corrected chi connectivity index (χ4v) is 3.89. The molecular formula is C25H29ClN4O7. The number of halogens is 1. The third kappa shape index (κ3) is 6.49. The van der Waals surface area contributed by atoms with Gasteiger partial charge in [-0.15, -0.1) is 0 Å². The molecule has 0 spiro atoms. The van der Waals surface area contributed by atoms with Crippen molar-refractivity contribution < 1.29 is 23.9 Å². The zero-order valence-corrected chi connectivity index (χ0v) is 22.0. The number of ether oxygens (including phenoxy) is 2. The normalized spacial score (nSPS) is 11.3. The van der Waals surface area contributed by atoms with E-state index in [1.165, 1.54) is 24.9 Å². The second kappa shape index (κ2) is 11.5. The number of nitrogens with one attached hydrogen (secondary N) is 1. The Hall–Kier alpha value is -3.83. The quantitative estimate of drug-likeness (QED) is 0.443. The summed E-state index contributed by atoms with van der Waals surface area (Å²) in [6, 6.07) is 11.1. The van der Waals surface area contributed by atoms with Gasteiger partial charge < -0.3 is 14.8 Å². The molecule has 0 bridgehead atoms. The Labute approximate surface area is 218 Å². The Kier molecular flexibility index (Phi) is 8.61. The summed E-state index contributed by atoms with van der Waals surface area (Å²) in [5.41, 5.74) is -1.35. The van der Waals surface area contributed by atoms with Gasteiger partial charge in [-0.05, 0) is 51.1 Å². The zero-order chi connectivity index (χ0) is 27.3. The van der Waals surface area contributed by atoms with E-state index in [-0.39, 0.29) is 29.0 Å². The Morgan fingerprint density at radius 3 is 2.38 bits per heavy atom. The largest absolute Gasteiger partial charge is 0.495 e. The van der Waals surface area contributed by atoms with Gasteiger partial charge >= 0.3 is 11.8 Å². The number of hydroxylamine groups is 1. The Morgan fingerprint density at radius 1 is 1.05 bits per heavy atom. The van der Waals surface area contributed by atoms with Crippen LogP contribution in [0.25, 0.3) is 10.9 Å². The molecule has 3 rings (SSSR count). The van der Waals surface area contributed by atoms with Gasteiger partial charge in [0.2, 0.25) is 0 Å². The number of hydrogen-bond acceptors (Lipinski definition) is 7. The van der Waals surface area contributed by atoms with E-state index in [0.29, 0.717) is 11.4 Å². The first-order chi connectivity index (χ1) is 17.5. The molecule has 0 radical (unpaired) electrons. The molecule has 0 aliphatic carbocycles. The number of alkyl carbamates (subject to hydrolysis) is 1. The van der Waals surface area contributed by atoms with E-state index in [0.717, 1.165) is 9.63 Å². The predicted molar refractivity (Wildman–Crippen MR) is 139 cm³/mol. The van der Waals surface area contributed by atoms with Gasteiger partial charge in [0.05, 0.1) is 35.8 Å². The van der Waals surface area contributed by atoms with Gasteiger partial charge in [0, 0.05) is 13.1 Å². The van der Waals surface area contributed by atoms with Crippen LogP contribution in [-0.2, 0) is 27.5 Å². The third-order valence-corrected chi connectivity index (χ3v) is 5.50. The van der Waals surface area contributed by atoms with Crippen LogP contribution < -0.4 is 26.4 Å². The zero-order valence-electron chi connectivity index (χ0n) is 21.2. The third-order valence-electron chi connectivity index (χ3n) is 5.21. The van der Waals surface area contributed by atoms with Crippen molar-refractivity contribution in [1.29, 1.82) is 0 Å². The molecule has 3 aromatic rings. The molecule has 12 heteroatoms. The number of rotatable bonds is 8. The SMILES string of the molecule is COc1ccc(N(OC)C(=O)Cn2c(=O)n(CCNC(=O)OC(C)(C)C)c(=O)c3ccccc32)cc1Cl. The van der Waals surface area contributed by atoms with Crippen molar-refractivity contribution in [3.63, 3.8) is 0 Å². The molecule has 37 heavy (non-hydrogen) atoms. The van der Waals surface area contributed by atoms with Gasteiger partial charge in [-0.25, -0.2) is 9.59 Å². The first-order valence-electron chi connectivity index (χ1n) is 11.4. The number of benzene rings is 2. The maximum absolute atomic E-state index is 13.4. The van der Waals surface area contributed by atoms with Crippen LogP contribution in [0.5, 0.6) is 5.75 Å². The van der Waals surface area contributed by atoms with E-state index >= 15 is 0 Å². The topological polar surface area (TPSA) is 121 Å². The van der Waals surface area contributed by atoms with Crippen LogP contribution in [0.1, 0.15) is 20.8 Å². The Bertz CT molecular complexity index is 1430. The number of carbonyl (C=O) groups excluding carboxylic acids is 2. The van der Waals surface area contributed by atoms with Crippen LogP contribution in [0.2, 0.25) is 5.02 Å². The van der Waals surface area contributed by atoms with Crippen LogP contribution in [0.3, 0.4) is 0 Å². The molecule has 0 saturated heterocycles. The van der Waals surface area contributed by atoms with Gasteiger partial charge in [-0.3, -0.25) is 23.6 Å². The molecule has 0 aliphatic heterocycles. The van der Waals surface area contributed by atoms with Crippen molar-refractivity contribution in [2.24, 2.45) is 0 Å². The Balaban J connectivity index is 1.93. The number of aromatic nitrogens is 2. The number of anilines is 1. The van der Waals surface area contributed by atoms with Crippen molar-refractivity contribution in [1.82, 2.24) is 14.5 Å². The van der Waals surface area contributed by atoms with E-state index in [1.54, 1.807) is 57.2 Å². The lowest BCUT2D eigenvalue weighted by molar-refractivity contribution is -0.125. The van der Waals surface area contributed by atoms with E-state index in [2.05, 4.69) is 5.32 Å². The monoisotopic (exact) mass is 532 g/mol. The maximum Gasteiger partial charge on any atom is 0.407 e. The minimum atomic E-state index is -0.716. The summed E-state index contributed by atoms with van der Waals surface area (Å²) in [4.78, 5) is 56.9. The second-order valence-corrected chi connectivity index (χ2v) is 9.37. The van der Waals surface area contributed by atoms with Gasteiger partial charge in [-0.2, -0.15) is 5.06 Å². The fourth-order valence-electron chi connectivity index (χ4n) is 3.64. The summed E-state index contributed by atoms with van der Waals surface area (Å²) in [7, 11) is 2.77. The van der Waals surface area contributed by atoms with E-state index in [1.807, 2.05) is 0 Å². The minimum Gasteiger partial charge on any atom is -0.495 e.